The molecule has 3 N–H and O–H groups in total. The Hall–Kier alpha value is -1.79. The van der Waals surface area contributed by atoms with Crippen molar-refractivity contribution in [1.82, 2.24) is 0 Å². The van der Waals surface area contributed by atoms with E-state index in [1.54, 1.807) is 31.2 Å². The molecule has 22 heavy (non-hydrogen) atoms. The molecule has 0 unspecified atom stereocenters. The molecule has 0 atom stereocenters. The highest BCUT2D eigenvalue weighted by atomic mass is 32.1. The number of benzene rings is 2. The summed E-state index contributed by atoms with van der Waals surface area (Å²) in [5, 5.41) is 10.1. The smallest absolute Gasteiger partial charge is 0.507 e. The van der Waals surface area contributed by atoms with Crippen molar-refractivity contribution in [3.05, 3.63) is 47.5 Å². The molecule has 0 radical (unpaired) electrons. The first-order chi connectivity index (χ1) is 10.3. The summed E-state index contributed by atoms with van der Waals surface area (Å²) >= 11 is 4.25. The number of aliphatic imine (C=N–C) groups is 1. The maximum atomic E-state index is 11.0. The summed E-state index contributed by atoms with van der Waals surface area (Å²) in [4.78, 5) is 22.7. The largest absolute Gasteiger partial charge is 0.524 e. The molecule has 8 heteroatoms. The van der Waals surface area contributed by atoms with Crippen LogP contribution in [-0.2, 0) is 4.57 Å². The van der Waals surface area contributed by atoms with Gasteiger partial charge in [0, 0.05) is 11.1 Å². The van der Waals surface area contributed by atoms with Gasteiger partial charge in [-0.15, -0.1) is 12.6 Å². The van der Waals surface area contributed by atoms with Gasteiger partial charge in [-0.25, -0.2) is 4.57 Å². The van der Waals surface area contributed by atoms with Gasteiger partial charge in [-0.1, -0.05) is 18.2 Å². The highest BCUT2D eigenvalue weighted by Crippen LogP contribution is 2.41. The molecule has 0 aliphatic rings. The highest BCUT2D eigenvalue weighted by Gasteiger charge is 2.20. The molecule has 0 fully saturated rings. The number of nitrogens with zero attached hydrogens (tertiary/aromatic N) is 1. The quantitative estimate of drug-likeness (QED) is 0.389. The van der Waals surface area contributed by atoms with Gasteiger partial charge in [-0.3, -0.25) is 14.8 Å². The van der Waals surface area contributed by atoms with Gasteiger partial charge in [0.15, 0.2) is 0 Å². The maximum Gasteiger partial charge on any atom is 0.524 e. The van der Waals surface area contributed by atoms with E-state index in [4.69, 9.17) is 9.79 Å². The molecule has 0 saturated carbocycles. The lowest BCUT2D eigenvalue weighted by Gasteiger charge is -2.12. The first-order valence-electron chi connectivity index (χ1n) is 6.18. The second kappa shape index (κ2) is 6.54. The number of phenolic OH excluding ortho intramolecular Hbond substituents is 1. The van der Waals surface area contributed by atoms with Crippen LogP contribution in [-0.4, -0.2) is 21.1 Å². The van der Waals surface area contributed by atoms with Gasteiger partial charge in [0.05, 0.1) is 11.3 Å². The highest BCUT2D eigenvalue weighted by molar-refractivity contribution is 7.80. The van der Waals surface area contributed by atoms with Crippen molar-refractivity contribution in [3.63, 3.8) is 0 Å². The SMILES string of the molecule is Cc1ccc(OP(=O)(O)O)c(C=Nc2ccccc2S)c1O. The summed E-state index contributed by atoms with van der Waals surface area (Å²) in [6.07, 6.45) is 1.28. The molecule has 0 bridgehead atoms. The Morgan fingerprint density at radius 2 is 1.91 bits per heavy atom. The van der Waals surface area contributed by atoms with Crippen LogP contribution in [0.15, 0.2) is 46.3 Å². The number of aryl methyl sites for hydroxylation is 1. The number of phosphoric ester groups is 1. The van der Waals surface area contributed by atoms with Crippen molar-refractivity contribution in [2.24, 2.45) is 4.99 Å². The minimum atomic E-state index is -4.74. The van der Waals surface area contributed by atoms with Gasteiger partial charge in [0.25, 0.3) is 0 Å². The summed E-state index contributed by atoms with van der Waals surface area (Å²) in [7, 11) is -4.74. The minimum Gasteiger partial charge on any atom is -0.507 e. The van der Waals surface area contributed by atoms with Crippen LogP contribution in [0.25, 0.3) is 0 Å². The Morgan fingerprint density at radius 3 is 2.55 bits per heavy atom. The van der Waals surface area contributed by atoms with Crippen LogP contribution in [0.5, 0.6) is 11.5 Å². The van der Waals surface area contributed by atoms with E-state index in [-0.39, 0.29) is 17.1 Å². The molecule has 0 aliphatic heterocycles. The van der Waals surface area contributed by atoms with Crippen molar-refractivity contribution in [2.75, 3.05) is 0 Å². The van der Waals surface area contributed by atoms with Gasteiger partial charge in [0.1, 0.15) is 11.5 Å². The van der Waals surface area contributed by atoms with E-state index in [2.05, 4.69) is 22.1 Å². The average molecular weight is 339 g/mol. The van der Waals surface area contributed by atoms with E-state index in [1.165, 1.54) is 18.3 Å². The minimum absolute atomic E-state index is 0.0833. The fraction of sp³-hybridized carbons (Fsp3) is 0.0714. The molecule has 0 aliphatic carbocycles. The fourth-order valence-electron chi connectivity index (χ4n) is 1.74. The Kier molecular flexibility index (Phi) is 4.93. The Bertz CT molecular complexity index is 772. The lowest BCUT2D eigenvalue weighted by Crippen LogP contribution is -1.96. The van der Waals surface area contributed by atoms with E-state index < -0.39 is 7.82 Å². The number of thiol groups is 1. The summed E-state index contributed by atoms with van der Waals surface area (Å²) < 4.78 is 15.6. The lowest BCUT2D eigenvalue weighted by atomic mass is 10.1. The number of para-hydroxylation sites is 1. The Balaban J connectivity index is 2.47. The van der Waals surface area contributed by atoms with Crippen molar-refractivity contribution in [2.45, 2.75) is 11.8 Å². The molecule has 0 amide bonds. The Labute approximate surface area is 132 Å². The number of rotatable bonds is 4. The van der Waals surface area contributed by atoms with Gasteiger partial charge in [-0.05, 0) is 30.7 Å². The van der Waals surface area contributed by atoms with E-state index in [0.717, 1.165) is 0 Å². The van der Waals surface area contributed by atoms with Crippen LogP contribution < -0.4 is 4.52 Å². The summed E-state index contributed by atoms with van der Waals surface area (Å²) in [5.41, 5.74) is 1.16. The molecular weight excluding hydrogens is 325 g/mol. The van der Waals surface area contributed by atoms with Crippen LogP contribution in [0.2, 0.25) is 0 Å². The summed E-state index contributed by atoms with van der Waals surface area (Å²) in [6, 6.07) is 9.89. The van der Waals surface area contributed by atoms with E-state index in [9.17, 15) is 9.67 Å². The molecule has 2 rings (SSSR count). The number of phosphoric acid groups is 1. The zero-order valence-corrected chi connectivity index (χ0v) is 13.3. The molecule has 2 aromatic carbocycles. The van der Waals surface area contributed by atoms with Gasteiger partial charge in [-0.2, -0.15) is 0 Å². The Morgan fingerprint density at radius 1 is 1.23 bits per heavy atom. The third kappa shape index (κ3) is 4.11. The standard InChI is InChI=1S/C14H14NO5PS/c1-9-6-7-12(20-21(17,18)19)10(14(9)16)8-15-11-4-2-3-5-13(11)22/h2-8,16,22H,1H3,(H2,17,18,19). The van der Waals surface area contributed by atoms with E-state index in [0.29, 0.717) is 16.1 Å². The fourth-order valence-corrected chi connectivity index (χ4v) is 2.37. The third-order valence-corrected chi connectivity index (χ3v) is 3.62. The van der Waals surface area contributed by atoms with Crippen LogP contribution >= 0.6 is 20.5 Å². The number of hydrogen-bond donors (Lipinski definition) is 4. The molecule has 2 aromatic rings. The predicted octanol–water partition coefficient (Wildman–Crippen LogP) is 3.21. The zero-order chi connectivity index (χ0) is 16.3. The number of phenols is 1. The number of hydrogen-bond acceptors (Lipinski definition) is 5. The van der Waals surface area contributed by atoms with E-state index >= 15 is 0 Å². The maximum absolute atomic E-state index is 11.0. The molecule has 6 nitrogen and oxygen atoms in total. The van der Waals surface area contributed by atoms with E-state index in [1.807, 2.05) is 0 Å². The van der Waals surface area contributed by atoms with Crippen LogP contribution in [0, 0.1) is 6.92 Å². The molecule has 0 spiro atoms. The average Bonchev–Trinajstić information content (AvgIpc) is 2.43. The third-order valence-electron chi connectivity index (χ3n) is 2.81. The van der Waals surface area contributed by atoms with Gasteiger partial charge in [0.2, 0.25) is 0 Å². The molecule has 0 saturated heterocycles. The van der Waals surface area contributed by atoms with Crippen LogP contribution in [0.1, 0.15) is 11.1 Å². The van der Waals surface area contributed by atoms with Gasteiger partial charge >= 0.3 is 7.82 Å². The predicted molar refractivity (Wildman–Crippen MR) is 86.5 cm³/mol. The summed E-state index contributed by atoms with van der Waals surface area (Å²) in [5.74, 6) is -0.317. The van der Waals surface area contributed by atoms with Gasteiger partial charge < -0.3 is 9.63 Å². The lowest BCUT2D eigenvalue weighted by molar-refractivity contribution is 0.282. The normalized spacial score (nSPS) is 11.8. The summed E-state index contributed by atoms with van der Waals surface area (Å²) in [6.45, 7) is 1.65. The zero-order valence-electron chi connectivity index (χ0n) is 11.5. The first kappa shape index (κ1) is 16.6. The molecule has 0 heterocycles. The van der Waals surface area contributed by atoms with Crippen molar-refractivity contribution >= 4 is 32.4 Å². The molecule has 116 valence electrons. The molecular formula is C14H14NO5PS. The van der Waals surface area contributed by atoms with Crippen LogP contribution in [0.3, 0.4) is 0 Å². The second-order valence-corrected chi connectivity index (χ2v) is 6.12. The van der Waals surface area contributed by atoms with Crippen molar-refractivity contribution in [1.29, 1.82) is 0 Å². The van der Waals surface area contributed by atoms with Crippen molar-refractivity contribution < 1.29 is 24.0 Å². The number of aromatic hydroxyl groups is 1. The molecule has 0 aromatic heterocycles. The second-order valence-electron chi connectivity index (χ2n) is 4.47. The van der Waals surface area contributed by atoms with Crippen molar-refractivity contribution in [3.8, 4) is 11.5 Å². The first-order valence-corrected chi connectivity index (χ1v) is 8.15. The van der Waals surface area contributed by atoms with Crippen LogP contribution in [0.4, 0.5) is 5.69 Å². The monoisotopic (exact) mass is 339 g/mol. The topological polar surface area (TPSA) is 99.4 Å².